The van der Waals surface area contributed by atoms with Gasteiger partial charge in [0.1, 0.15) is 17.5 Å². The Balaban J connectivity index is 2.21. The van der Waals surface area contributed by atoms with Gasteiger partial charge in [0.2, 0.25) is 0 Å². The molecule has 2 aromatic carbocycles. The lowest BCUT2D eigenvalue weighted by Gasteiger charge is -2.26. The fraction of sp³-hybridized carbons (Fsp3) is 0.235. The number of rotatable bonds is 5. The molecule has 0 aromatic heterocycles. The molecule has 7 heteroatoms. The molecule has 0 saturated carbocycles. The molecule has 1 N–H and O–H groups in total. The van der Waals surface area contributed by atoms with Gasteiger partial charge >= 0.3 is 0 Å². The number of nitrogens with zero attached hydrogens (tertiary/aromatic N) is 1. The first-order valence-corrected chi connectivity index (χ1v) is 8.22. The van der Waals surface area contributed by atoms with Gasteiger partial charge in [0, 0.05) is 15.7 Å². The van der Waals surface area contributed by atoms with Crippen LogP contribution in [0.1, 0.15) is 22.0 Å². The standard InChI is InChI=1S/C17H16F3IN2O/c1-23(2)15(16-12(19)4-3-5-13(16)20)9-22-17(24)11-8-10(18)6-7-14(11)21/h3-8,15H,9H2,1-2H3,(H,22,24). The van der Waals surface area contributed by atoms with Crippen LogP contribution in [0.2, 0.25) is 0 Å². The van der Waals surface area contributed by atoms with E-state index in [9.17, 15) is 18.0 Å². The van der Waals surface area contributed by atoms with Crippen molar-refractivity contribution in [3.05, 3.63) is 68.5 Å². The summed E-state index contributed by atoms with van der Waals surface area (Å²) in [6, 6.07) is 6.82. The maximum absolute atomic E-state index is 14.0. The molecule has 128 valence electrons. The Kier molecular flexibility index (Phi) is 6.22. The molecule has 0 saturated heterocycles. The zero-order chi connectivity index (χ0) is 17.9. The van der Waals surface area contributed by atoms with Crippen molar-refractivity contribution in [3.8, 4) is 0 Å². The van der Waals surface area contributed by atoms with Crippen molar-refractivity contribution in [2.45, 2.75) is 6.04 Å². The molecule has 1 atom stereocenters. The minimum Gasteiger partial charge on any atom is -0.350 e. The topological polar surface area (TPSA) is 32.3 Å². The molecule has 2 aromatic rings. The largest absolute Gasteiger partial charge is 0.350 e. The first kappa shape index (κ1) is 18.7. The van der Waals surface area contributed by atoms with E-state index in [4.69, 9.17) is 0 Å². The van der Waals surface area contributed by atoms with Gasteiger partial charge in [-0.25, -0.2) is 13.2 Å². The van der Waals surface area contributed by atoms with Crippen molar-refractivity contribution in [3.63, 3.8) is 0 Å². The normalized spacial score (nSPS) is 12.3. The monoisotopic (exact) mass is 448 g/mol. The number of carbonyl (C=O) groups is 1. The van der Waals surface area contributed by atoms with Crippen LogP contribution in [0.5, 0.6) is 0 Å². The van der Waals surface area contributed by atoms with Gasteiger partial charge in [-0.05, 0) is 67.0 Å². The molecule has 0 fully saturated rings. The highest BCUT2D eigenvalue weighted by atomic mass is 127. The van der Waals surface area contributed by atoms with Crippen LogP contribution in [0.15, 0.2) is 36.4 Å². The number of benzene rings is 2. The molecule has 0 aliphatic rings. The molecule has 3 nitrogen and oxygen atoms in total. The average Bonchev–Trinajstić information content (AvgIpc) is 2.51. The van der Waals surface area contributed by atoms with E-state index in [1.807, 2.05) is 22.6 Å². The maximum Gasteiger partial charge on any atom is 0.252 e. The fourth-order valence-electron chi connectivity index (χ4n) is 2.33. The summed E-state index contributed by atoms with van der Waals surface area (Å²) in [4.78, 5) is 13.9. The van der Waals surface area contributed by atoms with E-state index in [2.05, 4.69) is 5.32 Å². The van der Waals surface area contributed by atoms with Crippen molar-refractivity contribution in [1.82, 2.24) is 10.2 Å². The van der Waals surface area contributed by atoms with E-state index < -0.39 is 29.4 Å². The summed E-state index contributed by atoms with van der Waals surface area (Å²) in [5.74, 6) is -2.38. The number of hydrogen-bond donors (Lipinski definition) is 1. The minimum absolute atomic E-state index is 0.0176. The SMILES string of the molecule is CN(C)C(CNC(=O)c1cc(F)ccc1I)c1c(F)cccc1F. The number of hydrogen-bond acceptors (Lipinski definition) is 2. The van der Waals surface area contributed by atoms with Crippen LogP contribution < -0.4 is 5.32 Å². The predicted molar refractivity (Wildman–Crippen MR) is 94.2 cm³/mol. The third-order valence-corrected chi connectivity index (χ3v) is 4.53. The van der Waals surface area contributed by atoms with Crippen LogP contribution in [-0.2, 0) is 0 Å². The molecule has 0 bridgehead atoms. The van der Waals surface area contributed by atoms with Crippen LogP contribution >= 0.6 is 22.6 Å². The summed E-state index contributed by atoms with van der Waals surface area (Å²) in [6.45, 7) is -0.0176. The second-order valence-electron chi connectivity index (χ2n) is 5.45. The third kappa shape index (κ3) is 4.27. The van der Waals surface area contributed by atoms with Gasteiger partial charge < -0.3 is 10.2 Å². The molecule has 1 unspecified atom stereocenters. The summed E-state index contributed by atoms with van der Waals surface area (Å²) in [7, 11) is 3.32. The summed E-state index contributed by atoms with van der Waals surface area (Å²) in [6.07, 6.45) is 0. The zero-order valence-electron chi connectivity index (χ0n) is 13.1. The highest BCUT2D eigenvalue weighted by Gasteiger charge is 2.23. The first-order chi connectivity index (χ1) is 11.3. The number of carbonyl (C=O) groups excluding carboxylic acids is 1. The minimum atomic E-state index is -0.693. The molecular weight excluding hydrogens is 432 g/mol. The highest BCUT2D eigenvalue weighted by Crippen LogP contribution is 2.24. The molecule has 0 heterocycles. The van der Waals surface area contributed by atoms with Crippen LogP contribution in [0, 0.1) is 21.0 Å². The third-order valence-electron chi connectivity index (χ3n) is 3.59. The van der Waals surface area contributed by atoms with E-state index in [0.29, 0.717) is 3.57 Å². The highest BCUT2D eigenvalue weighted by molar-refractivity contribution is 14.1. The molecule has 0 spiro atoms. The number of likely N-dealkylation sites (N-methyl/N-ethyl adjacent to an activating group) is 1. The quantitative estimate of drug-likeness (QED) is 0.708. The van der Waals surface area contributed by atoms with Gasteiger partial charge in [-0.1, -0.05) is 6.07 Å². The predicted octanol–water partition coefficient (Wildman–Crippen LogP) is 3.74. The lowest BCUT2D eigenvalue weighted by atomic mass is 10.0. The van der Waals surface area contributed by atoms with Crippen LogP contribution in [0.4, 0.5) is 13.2 Å². The summed E-state index contributed by atoms with van der Waals surface area (Å²) < 4.78 is 41.9. The maximum atomic E-state index is 14.0. The molecular formula is C17H16F3IN2O. The van der Waals surface area contributed by atoms with E-state index in [1.54, 1.807) is 19.0 Å². The lowest BCUT2D eigenvalue weighted by Crippen LogP contribution is -2.35. The Morgan fingerprint density at radius 2 is 1.79 bits per heavy atom. The van der Waals surface area contributed by atoms with Crippen LogP contribution in [-0.4, -0.2) is 31.4 Å². The van der Waals surface area contributed by atoms with E-state index in [1.165, 1.54) is 30.3 Å². The fourth-order valence-corrected chi connectivity index (χ4v) is 2.91. The first-order valence-electron chi connectivity index (χ1n) is 7.15. The van der Waals surface area contributed by atoms with Crippen LogP contribution in [0.25, 0.3) is 0 Å². The summed E-state index contributed by atoms with van der Waals surface area (Å²) in [5.41, 5.74) is 0.0684. The van der Waals surface area contributed by atoms with Gasteiger partial charge in [0.05, 0.1) is 11.6 Å². The van der Waals surface area contributed by atoms with Crippen LogP contribution in [0.3, 0.4) is 0 Å². The molecule has 0 radical (unpaired) electrons. The Hall–Kier alpha value is -1.61. The van der Waals surface area contributed by atoms with Crippen molar-refractivity contribution in [2.24, 2.45) is 0 Å². The van der Waals surface area contributed by atoms with E-state index in [-0.39, 0.29) is 17.7 Å². The van der Waals surface area contributed by atoms with E-state index >= 15 is 0 Å². The summed E-state index contributed by atoms with van der Waals surface area (Å²) >= 11 is 1.93. The summed E-state index contributed by atoms with van der Waals surface area (Å²) in [5, 5.41) is 2.62. The smallest absolute Gasteiger partial charge is 0.252 e. The molecule has 0 aliphatic heterocycles. The number of amides is 1. The Bertz CT molecular complexity index is 732. The van der Waals surface area contributed by atoms with Gasteiger partial charge in [-0.15, -0.1) is 0 Å². The second kappa shape index (κ2) is 7.98. The van der Waals surface area contributed by atoms with Gasteiger partial charge in [-0.2, -0.15) is 0 Å². The second-order valence-corrected chi connectivity index (χ2v) is 6.61. The van der Waals surface area contributed by atoms with Gasteiger partial charge in [0.25, 0.3) is 5.91 Å². The average molecular weight is 448 g/mol. The molecule has 24 heavy (non-hydrogen) atoms. The Morgan fingerprint density at radius 3 is 2.38 bits per heavy atom. The number of nitrogens with one attached hydrogen (secondary N) is 1. The van der Waals surface area contributed by atoms with Gasteiger partial charge in [0.15, 0.2) is 0 Å². The van der Waals surface area contributed by atoms with Crippen molar-refractivity contribution in [1.29, 1.82) is 0 Å². The number of halogens is 4. The van der Waals surface area contributed by atoms with Crippen molar-refractivity contribution >= 4 is 28.5 Å². The Morgan fingerprint density at radius 1 is 1.17 bits per heavy atom. The van der Waals surface area contributed by atoms with Crippen molar-refractivity contribution < 1.29 is 18.0 Å². The van der Waals surface area contributed by atoms with E-state index in [0.717, 1.165) is 6.07 Å². The molecule has 2 rings (SSSR count). The lowest BCUT2D eigenvalue weighted by molar-refractivity contribution is 0.0939. The Labute approximate surface area is 152 Å². The van der Waals surface area contributed by atoms with Gasteiger partial charge in [-0.3, -0.25) is 4.79 Å². The molecule has 1 amide bonds. The molecule has 0 aliphatic carbocycles. The van der Waals surface area contributed by atoms with Crippen molar-refractivity contribution in [2.75, 3.05) is 20.6 Å². The zero-order valence-corrected chi connectivity index (χ0v) is 15.3.